The summed E-state index contributed by atoms with van der Waals surface area (Å²) in [5.41, 5.74) is 5.24. The smallest absolute Gasteiger partial charge is 0.407 e. The van der Waals surface area contributed by atoms with E-state index < -0.39 is 18.2 Å². The third-order valence-corrected chi connectivity index (χ3v) is 7.05. The Kier molecular flexibility index (Phi) is 6.55. The number of alkyl carbamates (subject to hydrolysis) is 1. The van der Waals surface area contributed by atoms with Gasteiger partial charge in [0, 0.05) is 36.6 Å². The van der Waals surface area contributed by atoms with Gasteiger partial charge in [0.1, 0.15) is 6.61 Å². The number of carbonyl (C=O) groups is 3. The molecule has 2 amide bonds. The fourth-order valence-corrected chi connectivity index (χ4v) is 5.27. The van der Waals surface area contributed by atoms with Crippen molar-refractivity contribution in [2.24, 2.45) is 5.92 Å². The van der Waals surface area contributed by atoms with E-state index in [-0.39, 0.29) is 36.9 Å². The second kappa shape index (κ2) is 9.92. The van der Waals surface area contributed by atoms with Crippen molar-refractivity contribution in [2.45, 2.75) is 37.3 Å². The molecule has 0 aromatic heterocycles. The van der Waals surface area contributed by atoms with E-state index in [1.54, 1.807) is 0 Å². The minimum absolute atomic E-state index is 0.00890. The van der Waals surface area contributed by atoms with Crippen LogP contribution in [-0.4, -0.2) is 55.0 Å². The SMILES string of the molecule is O=C(NC1CC=C(C(=O)NC[C@@H]2CCO[C@@H]2C(=O)O)C1)OCC1c2ccccc2-c2ccccc21. The number of carboxylic acids is 1. The molecule has 0 spiro atoms. The summed E-state index contributed by atoms with van der Waals surface area (Å²) in [5, 5.41) is 14.9. The minimum Gasteiger partial charge on any atom is -0.479 e. The Balaban J connectivity index is 1.10. The van der Waals surface area contributed by atoms with E-state index in [2.05, 4.69) is 34.9 Å². The molecule has 35 heavy (non-hydrogen) atoms. The molecule has 3 N–H and O–H groups in total. The first-order valence-corrected chi connectivity index (χ1v) is 11.9. The second-order valence-corrected chi connectivity index (χ2v) is 9.22. The quantitative estimate of drug-likeness (QED) is 0.566. The summed E-state index contributed by atoms with van der Waals surface area (Å²) in [6.07, 6.45) is 1.97. The lowest BCUT2D eigenvalue weighted by Crippen LogP contribution is -2.38. The van der Waals surface area contributed by atoms with E-state index in [9.17, 15) is 19.5 Å². The highest BCUT2D eigenvalue weighted by molar-refractivity contribution is 5.94. The van der Waals surface area contributed by atoms with Gasteiger partial charge in [-0.15, -0.1) is 0 Å². The Morgan fingerprint density at radius 2 is 1.71 bits per heavy atom. The van der Waals surface area contributed by atoms with Crippen LogP contribution in [0.1, 0.15) is 36.3 Å². The van der Waals surface area contributed by atoms with E-state index in [0.29, 0.717) is 31.4 Å². The van der Waals surface area contributed by atoms with Crippen molar-refractivity contribution in [3.05, 3.63) is 71.3 Å². The Morgan fingerprint density at radius 1 is 1.03 bits per heavy atom. The molecule has 0 saturated carbocycles. The molecule has 0 bridgehead atoms. The van der Waals surface area contributed by atoms with Gasteiger partial charge in [-0.3, -0.25) is 4.79 Å². The monoisotopic (exact) mass is 476 g/mol. The normalized spacial score (nSPS) is 22.7. The Hall–Kier alpha value is -3.65. The number of hydrogen-bond donors (Lipinski definition) is 3. The van der Waals surface area contributed by atoms with Crippen molar-refractivity contribution >= 4 is 18.0 Å². The van der Waals surface area contributed by atoms with Crippen molar-refractivity contribution in [1.82, 2.24) is 10.6 Å². The molecule has 8 heteroatoms. The van der Waals surface area contributed by atoms with Crippen molar-refractivity contribution in [3.63, 3.8) is 0 Å². The van der Waals surface area contributed by atoms with Crippen LogP contribution in [0.15, 0.2) is 60.2 Å². The number of benzene rings is 2. The van der Waals surface area contributed by atoms with Gasteiger partial charge in [0.05, 0.1) is 0 Å². The first kappa shape index (κ1) is 23.1. The number of fused-ring (bicyclic) bond motifs is 3. The minimum atomic E-state index is -1.01. The van der Waals surface area contributed by atoms with Gasteiger partial charge in [-0.25, -0.2) is 9.59 Å². The van der Waals surface area contributed by atoms with Crippen LogP contribution >= 0.6 is 0 Å². The molecule has 182 valence electrons. The largest absolute Gasteiger partial charge is 0.479 e. The molecular weight excluding hydrogens is 448 g/mol. The van der Waals surface area contributed by atoms with Gasteiger partial charge < -0.3 is 25.2 Å². The summed E-state index contributed by atoms with van der Waals surface area (Å²) in [7, 11) is 0. The maximum atomic E-state index is 12.5. The fourth-order valence-electron chi connectivity index (χ4n) is 5.27. The van der Waals surface area contributed by atoms with Gasteiger partial charge in [0.2, 0.25) is 5.91 Å². The van der Waals surface area contributed by atoms with Gasteiger partial charge in [0.25, 0.3) is 0 Å². The fraction of sp³-hybridized carbons (Fsp3) is 0.370. The lowest BCUT2D eigenvalue weighted by molar-refractivity contribution is -0.149. The lowest BCUT2D eigenvalue weighted by Gasteiger charge is -2.17. The predicted molar refractivity (Wildman–Crippen MR) is 128 cm³/mol. The number of rotatable bonds is 7. The van der Waals surface area contributed by atoms with Crippen molar-refractivity contribution in [2.75, 3.05) is 19.8 Å². The molecule has 2 aromatic carbocycles. The van der Waals surface area contributed by atoms with Crippen LogP contribution in [-0.2, 0) is 19.1 Å². The molecule has 2 aromatic rings. The van der Waals surface area contributed by atoms with E-state index in [1.807, 2.05) is 30.3 Å². The van der Waals surface area contributed by atoms with Crippen LogP contribution in [0.2, 0.25) is 0 Å². The topological polar surface area (TPSA) is 114 Å². The summed E-state index contributed by atoms with van der Waals surface area (Å²) in [6.45, 7) is 0.867. The maximum Gasteiger partial charge on any atom is 0.407 e. The van der Waals surface area contributed by atoms with Crippen LogP contribution in [0.5, 0.6) is 0 Å². The number of nitrogens with one attached hydrogen (secondary N) is 2. The summed E-state index contributed by atoms with van der Waals surface area (Å²) >= 11 is 0. The summed E-state index contributed by atoms with van der Waals surface area (Å²) < 4.78 is 10.8. The van der Waals surface area contributed by atoms with E-state index in [0.717, 1.165) is 11.1 Å². The van der Waals surface area contributed by atoms with Gasteiger partial charge in [-0.2, -0.15) is 0 Å². The van der Waals surface area contributed by atoms with Crippen LogP contribution in [0.3, 0.4) is 0 Å². The van der Waals surface area contributed by atoms with Gasteiger partial charge in [-0.1, -0.05) is 54.6 Å². The molecule has 3 atom stereocenters. The second-order valence-electron chi connectivity index (χ2n) is 9.22. The van der Waals surface area contributed by atoms with Crippen LogP contribution in [0.4, 0.5) is 4.79 Å². The number of amides is 2. The number of ether oxygens (including phenoxy) is 2. The zero-order valence-corrected chi connectivity index (χ0v) is 19.2. The highest BCUT2D eigenvalue weighted by atomic mass is 16.5. The Labute approximate surface area is 203 Å². The molecule has 3 aliphatic rings. The molecule has 1 heterocycles. The summed E-state index contributed by atoms with van der Waals surface area (Å²) in [4.78, 5) is 36.3. The molecular formula is C27H28N2O6. The van der Waals surface area contributed by atoms with Crippen molar-refractivity contribution < 1.29 is 29.0 Å². The number of aliphatic carboxylic acids is 1. The van der Waals surface area contributed by atoms with Gasteiger partial charge in [-0.05, 0) is 41.5 Å². The highest BCUT2D eigenvalue weighted by Crippen LogP contribution is 2.44. The highest BCUT2D eigenvalue weighted by Gasteiger charge is 2.35. The predicted octanol–water partition coefficient (Wildman–Crippen LogP) is 3.22. The number of carboxylic acid groups (broad SMARTS) is 1. The summed E-state index contributed by atoms with van der Waals surface area (Å²) in [6, 6.07) is 16.1. The summed E-state index contributed by atoms with van der Waals surface area (Å²) in [5.74, 6) is -1.49. The standard InChI is InChI=1S/C27H28N2O6/c30-25(28-14-17-11-12-34-24(17)26(31)32)16-9-10-18(13-16)29-27(33)35-15-23-21-7-3-1-5-19(21)20-6-2-4-8-22(20)23/h1-9,17-18,23-24H,10-15H2,(H,28,30)(H,29,33)(H,31,32)/t17-,18?,24-/m0/s1. The van der Waals surface area contributed by atoms with Crippen molar-refractivity contribution in [1.29, 1.82) is 0 Å². The van der Waals surface area contributed by atoms with Gasteiger partial charge in [0.15, 0.2) is 6.10 Å². The molecule has 5 rings (SSSR count). The van der Waals surface area contributed by atoms with E-state index >= 15 is 0 Å². The third-order valence-electron chi connectivity index (χ3n) is 7.05. The molecule has 1 unspecified atom stereocenters. The molecule has 2 aliphatic carbocycles. The Bertz CT molecular complexity index is 1130. The molecule has 1 aliphatic heterocycles. The average Bonchev–Trinajstić information content (AvgIpc) is 3.59. The first-order chi connectivity index (χ1) is 17.0. The van der Waals surface area contributed by atoms with Gasteiger partial charge >= 0.3 is 12.1 Å². The van der Waals surface area contributed by atoms with E-state index in [1.165, 1.54) is 11.1 Å². The van der Waals surface area contributed by atoms with Crippen LogP contribution in [0.25, 0.3) is 11.1 Å². The van der Waals surface area contributed by atoms with Crippen LogP contribution < -0.4 is 10.6 Å². The lowest BCUT2D eigenvalue weighted by atomic mass is 9.98. The zero-order chi connectivity index (χ0) is 24.4. The average molecular weight is 477 g/mol. The molecule has 8 nitrogen and oxygen atoms in total. The first-order valence-electron chi connectivity index (χ1n) is 11.9. The van der Waals surface area contributed by atoms with Crippen molar-refractivity contribution in [3.8, 4) is 11.1 Å². The number of carbonyl (C=O) groups excluding carboxylic acids is 2. The molecule has 0 radical (unpaired) electrons. The Morgan fingerprint density at radius 3 is 2.40 bits per heavy atom. The molecule has 1 saturated heterocycles. The van der Waals surface area contributed by atoms with Crippen LogP contribution in [0, 0.1) is 5.92 Å². The third kappa shape index (κ3) is 4.79. The number of hydrogen-bond acceptors (Lipinski definition) is 5. The zero-order valence-electron chi connectivity index (χ0n) is 19.2. The van der Waals surface area contributed by atoms with E-state index in [4.69, 9.17) is 9.47 Å². The molecule has 1 fully saturated rings. The maximum absolute atomic E-state index is 12.5.